The zero-order chi connectivity index (χ0) is 14.8. The number of aliphatic hydroxyl groups excluding tert-OH is 2. The third-order valence-corrected chi connectivity index (χ3v) is 3.05. The Bertz CT molecular complexity index is 387. The maximum absolute atomic E-state index is 11.9. The van der Waals surface area contributed by atoms with Gasteiger partial charge in [0.05, 0.1) is 13.2 Å². The molecule has 0 saturated carbocycles. The molecule has 0 radical (unpaired) electrons. The highest BCUT2D eigenvalue weighted by Gasteiger charge is 2.12. The molecule has 0 saturated heterocycles. The van der Waals surface area contributed by atoms with E-state index in [9.17, 15) is 4.79 Å². The van der Waals surface area contributed by atoms with Gasteiger partial charge in [-0.3, -0.25) is 0 Å². The summed E-state index contributed by atoms with van der Waals surface area (Å²) < 4.78 is 0. The molecule has 0 aliphatic heterocycles. The van der Waals surface area contributed by atoms with Crippen LogP contribution in [0.4, 0.5) is 10.5 Å². The van der Waals surface area contributed by atoms with Gasteiger partial charge in [-0.2, -0.15) is 0 Å². The summed E-state index contributed by atoms with van der Waals surface area (Å²) in [5.74, 6) is 0. The lowest BCUT2D eigenvalue weighted by Crippen LogP contribution is -2.38. The second kappa shape index (κ2) is 9.34. The molecule has 0 atom stereocenters. The van der Waals surface area contributed by atoms with Gasteiger partial charge < -0.3 is 20.4 Å². The number of carbonyl (C=O) groups is 1. The number of benzene rings is 1. The van der Waals surface area contributed by atoms with Crippen molar-refractivity contribution in [3.8, 4) is 0 Å². The Morgan fingerprint density at radius 3 is 2.25 bits per heavy atom. The van der Waals surface area contributed by atoms with Gasteiger partial charge in [0.15, 0.2) is 0 Å². The molecule has 0 unspecified atom stereocenters. The molecule has 20 heavy (non-hydrogen) atoms. The first-order valence-electron chi connectivity index (χ1n) is 7.07. The number of nitrogens with zero attached hydrogens (tertiary/aromatic N) is 1. The fourth-order valence-electron chi connectivity index (χ4n) is 1.89. The number of urea groups is 1. The molecule has 5 heteroatoms. The third kappa shape index (κ3) is 5.59. The molecular formula is C15H24N2O3. The standard InChI is InChI=1S/C15H24N2O3/c1-2-3-4-13-5-7-14(8-6-13)16-15(20)17(9-11-18)10-12-19/h5-8,18-19H,2-4,9-12H2,1H3,(H,16,20). The topological polar surface area (TPSA) is 72.8 Å². The van der Waals surface area contributed by atoms with E-state index in [1.807, 2.05) is 24.3 Å². The second-order valence-corrected chi connectivity index (χ2v) is 4.66. The summed E-state index contributed by atoms with van der Waals surface area (Å²) >= 11 is 0. The van der Waals surface area contributed by atoms with Gasteiger partial charge in [-0.15, -0.1) is 0 Å². The predicted molar refractivity (Wildman–Crippen MR) is 79.8 cm³/mol. The lowest BCUT2D eigenvalue weighted by molar-refractivity contribution is 0.167. The van der Waals surface area contributed by atoms with Gasteiger partial charge in [0.2, 0.25) is 0 Å². The van der Waals surface area contributed by atoms with Crippen LogP contribution in [-0.2, 0) is 6.42 Å². The van der Waals surface area contributed by atoms with Crippen LogP contribution in [0.15, 0.2) is 24.3 Å². The van der Waals surface area contributed by atoms with Gasteiger partial charge in [0.25, 0.3) is 0 Å². The molecule has 0 bridgehead atoms. The van der Waals surface area contributed by atoms with E-state index in [-0.39, 0.29) is 32.3 Å². The summed E-state index contributed by atoms with van der Waals surface area (Å²) in [6, 6.07) is 7.45. The zero-order valence-electron chi connectivity index (χ0n) is 12.0. The molecule has 112 valence electrons. The maximum atomic E-state index is 11.9. The smallest absolute Gasteiger partial charge is 0.321 e. The zero-order valence-corrected chi connectivity index (χ0v) is 12.0. The van der Waals surface area contributed by atoms with E-state index in [1.165, 1.54) is 10.5 Å². The monoisotopic (exact) mass is 280 g/mol. The highest BCUT2D eigenvalue weighted by Crippen LogP contribution is 2.12. The van der Waals surface area contributed by atoms with E-state index < -0.39 is 0 Å². The first-order valence-corrected chi connectivity index (χ1v) is 7.07. The number of nitrogens with one attached hydrogen (secondary N) is 1. The van der Waals surface area contributed by atoms with Gasteiger partial charge in [0.1, 0.15) is 0 Å². The fourth-order valence-corrected chi connectivity index (χ4v) is 1.89. The van der Waals surface area contributed by atoms with Crippen LogP contribution in [0.2, 0.25) is 0 Å². The molecule has 5 nitrogen and oxygen atoms in total. The molecule has 1 aromatic carbocycles. The molecular weight excluding hydrogens is 256 g/mol. The van der Waals surface area contributed by atoms with E-state index >= 15 is 0 Å². The lowest BCUT2D eigenvalue weighted by atomic mass is 10.1. The first-order chi connectivity index (χ1) is 9.71. The summed E-state index contributed by atoms with van der Waals surface area (Å²) in [5, 5.41) is 20.5. The van der Waals surface area contributed by atoms with E-state index in [1.54, 1.807) is 0 Å². The Labute approximate surface area is 120 Å². The number of hydrogen-bond acceptors (Lipinski definition) is 3. The van der Waals surface area contributed by atoms with E-state index in [2.05, 4.69) is 12.2 Å². The minimum Gasteiger partial charge on any atom is -0.395 e. The summed E-state index contributed by atoms with van der Waals surface area (Å²) in [5.41, 5.74) is 1.98. The number of anilines is 1. The van der Waals surface area contributed by atoms with Crippen LogP contribution in [0.5, 0.6) is 0 Å². The average Bonchev–Trinajstić information content (AvgIpc) is 2.46. The van der Waals surface area contributed by atoms with Crippen LogP contribution in [-0.4, -0.2) is 47.4 Å². The Balaban J connectivity index is 2.55. The lowest BCUT2D eigenvalue weighted by Gasteiger charge is -2.21. The van der Waals surface area contributed by atoms with Crippen LogP contribution in [0, 0.1) is 0 Å². The SMILES string of the molecule is CCCCc1ccc(NC(=O)N(CCO)CCO)cc1. The van der Waals surface area contributed by atoms with Gasteiger partial charge in [-0.1, -0.05) is 25.5 Å². The Hall–Kier alpha value is -1.59. The molecule has 2 amide bonds. The number of amides is 2. The molecule has 3 N–H and O–H groups in total. The largest absolute Gasteiger partial charge is 0.395 e. The van der Waals surface area contributed by atoms with Crippen molar-refractivity contribution in [3.05, 3.63) is 29.8 Å². The van der Waals surface area contributed by atoms with Crippen molar-refractivity contribution >= 4 is 11.7 Å². The normalized spacial score (nSPS) is 10.3. The van der Waals surface area contributed by atoms with Crippen molar-refractivity contribution in [3.63, 3.8) is 0 Å². The summed E-state index contributed by atoms with van der Waals surface area (Å²) in [6.45, 7) is 2.33. The van der Waals surface area contributed by atoms with Crippen LogP contribution in [0.25, 0.3) is 0 Å². The molecule has 0 fully saturated rings. The van der Waals surface area contributed by atoms with Crippen molar-refractivity contribution in [1.82, 2.24) is 4.90 Å². The highest BCUT2D eigenvalue weighted by molar-refractivity contribution is 5.89. The number of aryl methyl sites for hydroxylation is 1. The van der Waals surface area contributed by atoms with Gasteiger partial charge in [0, 0.05) is 18.8 Å². The number of rotatable bonds is 8. The molecule has 0 aliphatic rings. The van der Waals surface area contributed by atoms with Crippen molar-refractivity contribution in [1.29, 1.82) is 0 Å². The minimum absolute atomic E-state index is 0.122. The van der Waals surface area contributed by atoms with E-state index in [4.69, 9.17) is 10.2 Å². The number of unbranched alkanes of at least 4 members (excludes halogenated alkanes) is 1. The minimum atomic E-state index is -0.311. The van der Waals surface area contributed by atoms with Gasteiger partial charge in [-0.25, -0.2) is 4.79 Å². The van der Waals surface area contributed by atoms with Crippen molar-refractivity contribution in [2.75, 3.05) is 31.6 Å². The van der Waals surface area contributed by atoms with Crippen LogP contribution in [0.3, 0.4) is 0 Å². The van der Waals surface area contributed by atoms with Crippen molar-refractivity contribution in [2.24, 2.45) is 0 Å². The summed E-state index contributed by atoms with van der Waals surface area (Å²) in [7, 11) is 0. The van der Waals surface area contributed by atoms with Crippen LogP contribution >= 0.6 is 0 Å². The van der Waals surface area contributed by atoms with Gasteiger partial charge in [-0.05, 0) is 30.5 Å². The number of hydrogen-bond donors (Lipinski definition) is 3. The van der Waals surface area contributed by atoms with E-state index in [0.29, 0.717) is 0 Å². The molecule has 0 aromatic heterocycles. The maximum Gasteiger partial charge on any atom is 0.321 e. The fraction of sp³-hybridized carbons (Fsp3) is 0.533. The Morgan fingerprint density at radius 2 is 1.75 bits per heavy atom. The Kier molecular flexibility index (Phi) is 7.69. The highest BCUT2D eigenvalue weighted by atomic mass is 16.3. The van der Waals surface area contributed by atoms with Crippen molar-refractivity contribution in [2.45, 2.75) is 26.2 Å². The van der Waals surface area contributed by atoms with Gasteiger partial charge >= 0.3 is 6.03 Å². The molecule has 0 spiro atoms. The number of carbonyl (C=O) groups excluding carboxylic acids is 1. The number of aliphatic hydroxyl groups is 2. The third-order valence-electron chi connectivity index (χ3n) is 3.05. The Morgan fingerprint density at radius 1 is 1.15 bits per heavy atom. The van der Waals surface area contributed by atoms with Crippen molar-refractivity contribution < 1.29 is 15.0 Å². The van der Waals surface area contributed by atoms with E-state index in [0.717, 1.165) is 24.9 Å². The van der Waals surface area contributed by atoms with Crippen LogP contribution < -0.4 is 5.32 Å². The molecule has 1 rings (SSSR count). The molecule has 1 aromatic rings. The van der Waals surface area contributed by atoms with Crippen LogP contribution in [0.1, 0.15) is 25.3 Å². The quantitative estimate of drug-likeness (QED) is 0.680. The molecule has 0 aliphatic carbocycles. The second-order valence-electron chi connectivity index (χ2n) is 4.66. The summed E-state index contributed by atoms with van der Waals surface area (Å²) in [4.78, 5) is 13.3. The average molecular weight is 280 g/mol. The first kappa shape index (κ1) is 16.5. The predicted octanol–water partition coefficient (Wildman–Crippen LogP) is 1.85. The summed E-state index contributed by atoms with van der Waals surface area (Å²) in [6.07, 6.45) is 3.37. The molecule has 0 heterocycles.